The number of hydrogen-bond acceptors (Lipinski definition) is 5. The average molecular weight is 298 g/mol. The molecule has 1 fully saturated rings. The molecule has 0 saturated carbocycles. The Bertz CT molecular complexity index is 582. The highest BCUT2D eigenvalue weighted by atomic mass is 16.5. The Labute approximate surface area is 131 Å². The van der Waals surface area contributed by atoms with Gasteiger partial charge in [-0.2, -0.15) is 0 Å². The maximum Gasteiger partial charge on any atom is 0.132 e. The lowest BCUT2D eigenvalue weighted by Gasteiger charge is -2.35. The fraction of sp³-hybridized carbons (Fsp3) is 0.412. The van der Waals surface area contributed by atoms with Crippen molar-refractivity contribution in [3.05, 3.63) is 48.4 Å². The van der Waals surface area contributed by atoms with Gasteiger partial charge in [-0.3, -0.25) is 9.88 Å². The van der Waals surface area contributed by atoms with Crippen LogP contribution in [-0.4, -0.2) is 54.7 Å². The second-order valence-corrected chi connectivity index (χ2v) is 5.45. The van der Waals surface area contributed by atoms with E-state index in [2.05, 4.69) is 31.9 Å². The van der Waals surface area contributed by atoms with Crippen LogP contribution < -0.4 is 9.64 Å². The van der Waals surface area contributed by atoms with E-state index >= 15 is 0 Å². The van der Waals surface area contributed by atoms with E-state index in [-0.39, 0.29) is 0 Å². The minimum atomic E-state index is 0.864. The Morgan fingerprint density at radius 2 is 1.91 bits per heavy atom. The SMILES string of the molecule is COc1ccnc(N2CCN(CCc3ccccn3)CC2)c1. The minimum absolute atomic E-state index is 0.864. The van der Waals surface area contributed by atoms with Crippen molar-refractivity contribution < 1.29 is 4.74 Å². The summed E-state index contributed by atoms with van der Waals surface area (Å²) >= 11 is 0. The van der Waals surface area contributed by atoms with Gasteiger partial charge >= 0.3 is 0 Å². The van der Waals surface area contributed by atoms with Gasteiger partial charge in [0.1, 0.15) is 11.6 Å². The molecule has 0 aliphatic carbocycles. The van der Waals surface area contributed by atoms with Crippen LogP contribution in [0.5, 0.6) is 5.75 Å². The zero-order chi connectivity index (χ0) is 15.2. The Morgan fingerprint density at radius 1 is 1.05 bits per heavy atom. The first-order chi connectivity index (χ1) is 10.8. The summed E-state index contributed by atoms with van der Waals surface area (Å²) in [6, 6.07) is 9.99. The van der Waals surface area contributed by atoms with Crippen molar-refractivity contribution in [1.29, 1.82) is 0 Å². The number of aromatic nitrogens is 2. The molecule has 0 unspecified atom stereocenters. The number of piperazine rings is 1. The van der Waals surface area contributed by atoms with Crippen LogP contribution >= 0.6 is 0 Å². The van der Waals surface area contributed by atoms with Crippen molar-refractivity contribution >= 4 is 5.82 Å². The molecule has 0 amide bonds. The number of anilines is 1. The highest BCUT2D eigenvalue weighted by molar-refractivity contribution is 5.44. The van der Waals surface area contributed by atoms with Crippen LogP contribution in [0.2, 0.25) is 0 Å². The molecule has 1 saturated heterocycles. The molecule has 3 heterocycles. The zero-order valence-electron chi connectivity index (χ0n) is 13.0. The van der Waals surface area contributed by atoms with Crippen molar-refractivity contribution in [2.24, 2.45) is 0 Å². The van der Waals surface area contributed by atoms with Crippen LogP contribution in [0.25, 0.3) is 0 Å². The van der Waals surface area contributed by atoms with E-state index in [0.717, 1.165) is 50.7 Å². The second-order valence-electron chi connectivity index (χ2n) is 5.45. The standard InChI is InChI=1S/C17H22N4O/c1-22-16-5-8-19-17(14-16)21-12-10-20(11-13-21)9-6-15-4-2-3-7-18-15/h2-5,7-8,14H,6,9-13H2,1H3. The van der Waals surface area contributed by atoms with E-state index < -0.39 is 0 Å². The maximum atomic E-state index is 5.27. The van der Waals surface area contributed by atoms with E-state index in [0.29, 0.717) is 0 Å². The topological polar surface area (TPSA) is 41.5 Å². The molecule has 0 N–H and O–H groups in total. The lowest BCUT2D eigenvalue weighted by atomic mass is 10.2. The molecule has 0 aromatic carbocycles. The van der Waals surface area contributed by atoms with Gasteiger partial charge in [-0.1, -0.05) is 6.07 Å². The molecule has 116 valence electrons. The van der Waals surface area contributed by atoms with E-state index in [9.17, 15) is 0 Å². The van der Waals surface area contributed by atoms with E-state index in [1.54, 1.807) is 7.11 Å². The van der Waals surface area contributed by atoms with Crippen molar-refractivity contribution in [3.63, 3.8) is 0 Å². The van der Waals surface area contributed by atoms with Gasteiger partial charge < -0.3 is 9.64 Å². The molecule has 3 rings (SSSR count). The van der Waals surface area contributed by atoms with Gasteiger partial charge in [-0.15, -0.1) is 0 Å². The van der Waals surface area contributed by atoms with Crippen LogP contribution in [0, 0.1) is 0 Å². The zero-order valence-corrected chi connectivity index (χ0v) is 13.0. The molecule has 0 spiro atoms. The lowest BCUT2D eigenvalue weighted by molar-refractivity contribution is 0.259. The normalized spacial score (nSPS) is 15.8. The molecule has 5 heteroatoms. The molecule has 0 atom stereocenters. The summed E-state index contributed by atoms with van der Waals surface area (Å²) in [6.07, 6.45) is 4.68. The Hall–Kier alpha value is -2.14. The molecular weight excluding hydrogens is 276 g/mol. The van der Waals surface area contributed by atoms with Crippen LogP contribution in [0.3, 0.4) is 0 Å². The predicted octanol–water partition coefficient (Wildman–Crippen LogP) is 1.85. The molecular formula is C17H22N4O. The molecule has 0 radical (unpaired) electrons. The largest absolute Gasteiger partial charge is 0.497 e. The van der Waals surface area contributed by atoms with Gasteiger partial charge in [0.2, 0.25) is 0 Å². The maximum absolute atomic E-state index is 5.27. The Balaban J connectivity index is 1.49. The van der Waals surface area contributed by atoms with Gasteiger partial charge in [0.05, 0.1) is 7.11 Å². The Kier molecular flexibility index (Phi) is 4.85. The fourth-order valence-electron chi connectivity index (χ4n) is 2.72. The molecule has 22 heavy (non-hydrogen) atoms. The van der Waals surface area contributed by atoms with E-state index in [4.69, 9.17) is 4.74 Å². The number of hydrogen-bond donors (Lipinski definition) is 0. The van der Waals surface area contributed by atoms with E-state index in [1.807, 2.05) is 30.6 Å². The van der Waals surface area contributed by atoms with Crippen molar-refractivity contribution in [1.82, 2.24) is 14.9 Å². The Morgan fingerprint density at radius 3 is 2.64 bits per heavy atom. The van der Waals surface area contributed by atoms with Gasteiger partial charge in [-0.05, 0) is 18.2 Å². The summed E-state index contributed by atoms with van der Waals surface area (Å²) in [7, 11) is 1.69. The first-order valence-electron chi connectivity index (χ1n) is 7.72. The molecule has 2 aromatic rings. The highest BCUT2D eigenvalue weighted by Crippen LogP contribution is 2.19. The van der Waals surface area contributed by atoms with Crippen LogP contribution in [0.1, 0.15) is 5.69 Å². The van der Waals surface area contributed by atoms with Crippen molar-refractivity contribution in [2.45, 2.75) is 6.42 Å². The first kappa shape index (κ1) is 14.8. The summed E-state index contributed by atoms with van der Waals surface area (Å²) in [5, 5.41) is 0. The number of rotatable bonds is 5. The number of pyridine rings is 2. The summed E-state index contributed by atoms with van der Waals surface area (Å²) < 4.78 is 5.27. The van der Waals surface area contributed by atoms with Gasteiger partial charge in [0, 0.05) is 63.3 Å². The lowest BCUT2D eigenvalue weighted by Crippen LogP contribution is -2.47. The van der Waals surface area contributed by atoms with Crippen LogP contribution in [0.15, 0.2) is 42.7 Å². The fourth-order valence-corrected chi connectivity index (χ4v) is 2.72. The quantitative estimate of drug-likeness (QED) is 0.842. The van der Waals surface area contributed by atoms with E-state index in [1.165, 1.54) is 5.69 Å². The second kappa shape index (κ2) is 7.22. The minimum Gasteiger partial charge on any atom is -0.497 e. The summed E-state index contributed by atoms with van der Waals surface area (Å²) in [4.78, 5) is 13.6. The number of ether oxygens (including phenoxy) is 1. The average Bonchev–Trinajstić information content (AvgIpc) is 2.61. The summed E-state index contributed by atoms with van der Waals surface area (Å²) in [5.74, 6) is 1.87. The third-order valence-corrected chi connectivity index (χ3v) is 4.06. The predicted molar refractivity (Wildman–Crippen MR) is 87.4 cm³/mol. The molecule has 1 aliphatic heterocycles. The van der Waals surface area contributed by atoms with Crippen molar-refractivity contribution in [3.8, 4) is 5.75 Å². The first-order valence-corrected chi connectivity index (χ1v) is 7.72. The van der Waals surface area contributed by atoms with Crippen LogP contribution in [-0.2, 0) is 6.42 Å². The third kappa shape index (κ3) is 3.74. The summed E-state index contributed by atoms with van der Waals surface area (Å²) in [6.45, 7) is 5.19. The molecule has 5 nitrogen and oxygen atoms in total. The van der Waals surface area contributed by atoms with Gasteiger partial charge in [0.15, 0.2) is 0 Å². The monoisotopic (exact) mass is 298 g/mol. The smallest absolute Gasteiger partial charge is 0.132 e. The summed E-state index contributed by atoms with van der Waals surface area (Å²) in [5.41, 5.74) is 1.17. The number of methoxy groups -OCH3 is 1. The van der Waals surface area contributed by atoms with Gasteiger partial charge in [0.25, 0.3) is 0 Å². The molecule has 0 bridgehead atoms. The van der Waals surface area contributed by atoms with Crippen LogP contribution in [0.4, 0.5) is 5.82 Å². The van der Waals surface area contributed by atoms with Gasteiger partial charge in [-0.25, -0.2) is 4.98 Å². The molecule has 2 aromatic heterocycles. The molecule has 1 aliphatic rings. The number of nitrogens with zero attached hydrogens (tertiary/aromatic N) is 4. The highest BCUT2D eigenvalue weighted by Gasteiger charge is 2.18. The van der Waals surface area contributed by atoms with Crippen molar-refractivity contribution in [2.75, 3.05) is 44.7 Å². The third-order valence-electron chi connectivity index (χ3n) is 4.06.